The summed E-state index contributed by atoms with van der Waals surface area (Å²) < 4.78 is 0. The Morgan fingerprint density at radius 3 is 2.60 bits per heavy atom. The summed E-state index contributed by atoms with van der Waals surface area (Å²) >= 11 is 0. The van der Waals surface area contributed by atoms with E-state index in [4.69, 9.17) is 11.5 Å². The Labute approximate surface area is 117 Å². The molecule has 2 aromatic rings. The Kier molecular flexibility index (Phi) is 3.06. The molecule has 0 radical (unpaired) electrons. The largest absolute Gasteiger partial charge is 0.397 e. The van der Waals surface area contributed by atoms with Crippen LogP contribution in [0.1, 0.15) is 28.3 Å². The van der Waals surface area contributed by atoms with Crippen molar-refractivity contribution in [2.45, 2.75) is 18.4 Å². The molecule has 0 saturated heterocycles. The Morgan fingerprint density at radius 2 is 1.90 bits per heavy atom. The van der Waals surface area contributed by atoms with Gasteiger partial charge in [-0.05, 0) is 30.2 Å². The third-order valence-electron chi connectivity index (χ3n) is 3.70. The number of amides is 1. The van der Waals surface area contributed by atoms with Gasteiger partial charge in [-0.1, -0.05) is 30.3 Å². The summed E-state index contributed by atoms with van der Waals surface area (Å²) in [4.78, 5) is 11.2. The van der Waals surface area contributed by atoms with Gasteiger partial charge >= 0.3 is 0 Å². The van der Waals surface area contributed by atoms with Crippen LogP contribution in [0.2, 0.25) is 0 Å². The van der Waals surface area contributed by atoms with Crippen LogP contribution in [-0.4, -0.2) is 11.9 Å². The molecule has 5 N–H and O–H groups in total. The van der Waals surface area contributed by atoms with Crippen molar-refractivity contribution in [3.8, 4) is 0 Å². The molecule has 0 heterocycles. The van der Waals surface area contributed by atoms with Gasteiger partial charge in [0.1, 0.15) is 0 Å². The van der Waals surface area contributed by atoms with Gasteiger partial charge in [-0.25, -0.2) is 0 Å². The quantitative estimate of drug-likeness (QED) is 0.744. The highest BCUT2D eigenvalue weighted by atomic mass is 16.1. The molecule has 3 rings (SSSR count). The van der Waals surface area contributed by atoms with Gasteiger partial charge in [0.15, 0.2) is 0 Å². The van der Waals surface area contributed by atoms with Gasteiger partial charge in [0, 0.05) is 17.5 Å². The molecule has 20 heavy (non-hydrogen) atoms. The van der Waals surface area contributed by atoms with Crippen LogP contribution >= 0.6 is 0 Å². The van der Waals surface area contributed by atoms with Crippen LogP contribution in [-0.2, 0) is 0 Å². The van der Waals surface area contributed by atoms with Crippen LogP contribution in [0.4, 0.5) is 11.4 Å². The predicted molar refractivity (Wildman–Crippen MR) is 80.6 cm³/mol. The molecule has 1 aliphatic carbocycles. The smallest absolute Gasteiger partial charge is 0.248 e. The van der Waals surface area contributed by atoms with Gasteiger partial charge in [-0.3, -0.25) is 4.79 Å². The normalized spacial score (nSPS) is 20.4. The lowest BCUT2D eigenvalue weighted by molar-refractivity contribution is 0.100. The van der Waals surface area contributed by atoms with Crippen molar-refractivity contribution in [3.63, 3.8) is 0 Å². The van der Waals surface area contributed by atoms with Crippen molar-refractivity contribution in [1.29, 1.82) is 0 Å². The molecule has 0 aromatic heterocycles. The highest BCUT2D eigenvalue weighted by Gasteiger charge is 2.38. The standard InChI is InChI=1S/C16H17N3O/c17-13-7-6-11(16(18)20)8-15(13)19-14-9-12(14)10-4-2-1-3-5-10/h1-8,12,14,19H,9,17H2,(H2,18,20). The van der Waals surface area contributed by atoms with Crippen LogP contribution in [0.3, 0.4) is 0 Å². The number of rotatable bonds is 4. The maximum atomic E-state index is 11.2. The molecule has 0 spiro atoms. The maximum Gasteiger partial charge on any atom is 0.248 e. The summed E-state index contributed by atoms with van der Waals surface area (Å²) in [6, 6.07) is 15.8. The first kappa shape index (κ1) is 12.5. The number of carbonyl (C=O) groups is 1. The zero-order chi connectivity index (χ0) is 14.1. The third-order valence-corrected chi connectivity index (χ3v) is 3.70. The Morgan fingerprint density at radius 1 is 1.15 bits per heavy atom. The first-order chi connectivity index (χ1) is 9.65. The number of nitrogens with one attached hydrogen (secondary N) is 1. The minimum Gasteiger partial charge on any atom is -0.397 e. The van der Waals surface area contributed by atoms with E-state index < -0.39 is 5.91 Å². The molecule has 102 valence electrons. The molecule has 0 bridgehead atoms. The zero-order valence-corrected chi connectivity index (χ0v) is 11.0. The number of hydrogen-bond donors (Lipinski definition) is 3. The topological polar surface area (TPSA) is 81.1 Å². The van der Waals surface area contributed by atoms with Crippen LogP contribution in [0.25, 0.3) is 0 Å². The number of benzene rings is 2. The molecule has 4 nitrogen and oxygen atoms in total. The lowest BCUT2D eigenvalue weighted by Crippen LogP contribution is -2.13. The zero-order valence-electron chi connectivity index (χ0n) is 11.0. The summed E-state index contributed by atoms with van der Waals surface area (Å²) in [5.41, 5.74) is 14.4. The van der Waals surface area contributed by atoms with Gasteiger partial charge in [-0.15, -0.1) is 0 Å². The van der Waals surface area contributed by atoms with Gasteiger partial charge in [0.2, 0.25) is 5.91 Å². The van der Waals surface area contributed by atoms with Crippen LogP contribution < -0.4 is 16.8 Å². The number of nitrogens with two attached hydrogens (primary N) is 2. The maximum absolute atomic E-state index is 11.2. The highest BCUT2D eigenvalue weighted by molar-refractivity contribution is 5.95. The number of anilines is 2. The minimum atomic E-state index is -0.441. The second-order valence-electron chi connectivity index (χ2n) is 5.17. The molecule has 0 aliphatic heterocycles. The molecular formula is C16H17N3O. The molecule has 1 aliphatic rings. The summed E-state index contributed by atoms with van der Waals surface area (Å²) in [5, 5.41) is 3.40. The molecule has 1 amide bonds. The monoisotopic (exact) mass is 267 g/mol. The average Bonchev–Trinajstić information content (AvgIpc) is 3.21. The van der Waals surface area contributed by atoms with Gasteiger partial charge in [0.05, 0.1) is 11.4 Å². The van der Waals surface area contributed by atoms with E-state index in [1.54, 1.807) is 18.2 Å². The molecule has 2 atom stereocenters. The van der Waals surface area contributed by atoms with Crippen LogP contribution in [0.15, 0.2) is 48.5 Å². The van der Waals surface area contributed by atoms with E-state index in [0.29, 0.717) is 23.2 Å². The number of carbonyl (C=O) groups excluding carboxylic acids is 1. The third kappa shape index (κ3) is 2.45. The fourth-order valence-electron chi connectivity index (χ4n) is 2.46. The minimum absolute atomic E-state index is 0.364. The number of primary amides is 1. The Hall–Kier alpha value is -2.49. The lowest BCUT2D eigenvalue weighted by atomic mass is 10.1. The lowest BCUT2D eigenvalue weighted by Gasteiger charge is -2.10. The van der Waals surface area contributed by atoms with Crippen molar-refractivity contribution in [2.24, 2.45) is 5.73 Å². The second-order valence-corrected chi connectivity index (χ2v) is 5.17. The van der Waals surface area contributed by atoms with Crippen LogP contribution in [0.5, 0.6) is 0 Å². The molecule has 2 aromatic carbocycles. The van der Waals surface area contributed by atoms with E-state index in [9.17, 15) is 4.79 Å². The summed E-state index contributed by atoms with van der Waals surface area (Å²) in [7, 11) is 0. The van der Waals surface area contributed by atoms with Gasteiger partial charge < -0.3 is 16.8 Å². The number of hydrogen-bond acceptors (Lipinski definition) is 3. The summed E-state index contributed by atoms with van der Waals surface area (Å²) in [6.07, 6.45) is 1.07. The van der Waals surface area contributed by atoms with E-state index in [-0.39, 0.29) is 0 Å². The fraction of sp³-hybridized carbons (Fsp3) is 0.188. The summed E-state index contributed by atoms with van der Waals surface area (Å²) in [5.74, 6) is 0.0660. The van der Waals surface area contributed by atoms with E-state index in [0.717, 1.165) is 12.1 Å². The van der Waals surface area contributed by atoms with Crippen molar-refractivity contribution in [3.05, 3.63) is 59.7 Å². The molecule has 1 fully saturated rings. The van der Waals surface area contributed by atoms with E-state index >= 15 is 0 Å². The molecule has 4 heteroatoms. The number of nitrogen functional groups attached to an aromatic ring is 1. The van der Waals surface area contributed by atoms with Gasteiger partial charge in [-0.2, -0.15) is 0 Å². The summed E-state index contributed by atoms with van der Waals surface area (Å²) in [6.45, 7) is 0. The van der Waals surface area contributed by atoms with E-state index in [2.05, 4.69) is 17.4 Å². The highest BCUT2D eigenvalue weighted by Crippen LogP contribution is 2.43. The molecule has 2 unspecified atom stereocenters. The fourth-order valence-corrected chi connectivity index (χ4v) is 2.46. The molecular weight excluding hydrogens is 250 g/mol. The van der Waals surface area contributed by atoms with Crippen molar-refractivity contribution >= 4 is 17.3 Å². The molecule has 1 saturated carbocycles. The van der Waals surface area contributed by atoms with Crippen molar-refractivity contribution in [1.82, 2.24) is 0 Å². The predicted octanol–water partition coefficient (Wildman–Crippen LogP) is 2.34. The second kappa shape index (κ2) is 4.89. The average molecular weight is 267 g/mol. The van der Waals surface area contributed by atoms with Crippen molar-refractivity contribution in [2.75, 3.05) is 11.1 Å². The van der Waals surface area contributed by atoms with E-state index in [1.165, 1.54) is 5.56 Å². The van der Waals surface area contributed by atoms with Crippen LogP contribution in [0, 0.1) is 0 Å². The van der Waals surface area contributed by atoms with Gasteiger partial charge in [0.25, 0.3) is 0 Å². The first-order valence-electron chi connectivity index (χ1n) is 6.66. The first-order valence-corrected chi connectivity index (χ1v) is 6.66. The SMILES string of the molecule is NC(=O)c1ccc(N)c(NC2CC2c2ccccc2)c1. The van der Waals surface area contributed by atoms with E-state index in [1.807, 2.05) is 18.2 Å². The van der Waals surface area contributed by atoms with Crippen molar-refractivity contribution < 1.29 is 4.79 Å². The Balaban J connectivity index is 1.74. The Bertz CT molecular complexity index is 639.